The van der Waals surface area contributed by atoms with Gasteiger partial charge in [-0.3, -0.25) is 9.59 Å². The summed E-state index contributed by atoms with van der Waals surface area (Å²) in [4.78, 5) is 37.8. The molecule has 0 aromatic heterocycles. The van der Waals surface area contributed by atoms with E-state index in [1.165, 1.54) is 0 Å². The van der Waals surface area contributed by atoms with E-state index in [0.717, 1.165) is 16.0 Å². The number of aliphatic carboxylic acids is 1. The molecule has 1 N–H and O–H groups in total. The highest BCUT2D eigenvalue weighted by Crippen LogP contribution is 2.34. The van der Waals surface area contributed by atoms with Crippen LogP contribution in [0.25, 0.3) is 0 Å². The summed E-state index contributed by atoms with van der Waals surface area (Å²) in [6, 6.07) is 17.9. The molecular formula is C21H21NO5. The highest BCUT2D eigenvalue weighted by Gasteiger charge is 2.45. The van der Waals surface area contributed by atoms with Gasteiger partial charge in [-0.05, 0) is 24.5 Å². The monoisotopic (exact) mass is 367 g/mol. The molecule has 2 amide bonds. The number of cyclic esters (lactones) is 1. The number of amides is 2. The summed E-state index contributed by atoms with van der Waals surface area (Å²) in [6.45, 7) is 1.74. The van der Waals surface area contributed by atoms with Crippen molar-refractivity contribution in [2.24, 2.45) is 5.92 Å². The van der Waals surface area contributed by atoms with E-state index in [9.17, 15) is 19.5 Å². The Bertz CT molecular complexity index is 821. The van der Waals surface area contributed by atoms with E-state index in [1.807, 2.05) is 60.7 Å². The Labute approximate surface area is 157 Å². The van der Waals surface area contributed by atoms with Crippen molar-refractivity contribution in [1.82, 2.24) is 4.90 Å². The van der Waals surface area contributed by atoms with E-state index in [1.54, 1.807) is 6.92 Å². The fourth-order valence-electron chi connectivity index (χ4n) is 3.40. The van der Waals surface area contributed by atoms with Crippen LogP contribution in [0.1, 0.15) is 30.6 Å². The van der Waals surface area contributed by atoms with Crippen LogP contribution in [0, 0.1) is 5.92 Å². The Morgan fingerprint density at radius 2 is 1.67 bits per heavy atom. The lowest BCUT2D eigenvalue weighted by molar-refractivity contribution is -0.143. The molecule has 27 heavy (non-hydrogen) atoms. The lowest BCUT2D eigenvalue weighted by Gasteiger charge is -2.23. The van der Waals surface area contributed by atoms with Crippen LogP contribution in [0.5, 0.6) is 0 Å². The zero-order valence-electron chi connectivity index (χ0n) is 14.9. The van der Waals surface area contributed by atoms with E-state index in [2.05, 4.69) is 0 Å². The summed E-state index contributed by atoms with van der Waals surface area (Å²) in [6.07, 6.45) is -1.40. The summed E-state index contributed by atoms with van der Waals surface area (Å²) in [5.74, 6) is -2.43. The Morgan fingerprint density at radius 3 is 2.26 bits per heavy atom. The molecule has 3 rings (SSSR count). The van der Waals surface area contributed by atoms with Crippen molar-refractivity contribution < 1.29 is 24.2 Å². The van der Waals surface area contributed by atoms with E-state index in [4.69, 9.17) is 4.74 Å². The summed E-state index contributed by atoms with van der Waals surface area (Å²) in [5, 5.41) is 9.23. The molecule has 0 aliphatic carbocycles. The quantitative estimate of drug-likeness (QED) is 0.846. The fourth-order valence-corrected chi connectivity index (χ4v) is 3.40. The predicted octanol–water partition coefficient (Wildman–Crippen LogP) is 3.43. The van der Waals surface area contributed by atoms with E-state index in [0.29, 0.717) is 0 Å². The number of nitrogens with zero attached hydrogens (tertiary/aromatic N) is 1. The van der Waals surface area contributed by atoms with Gasteiger partial charge in [-0.25, -0.2) is 9.69 Å². The van der Waals surface area contributed by atoms with Gasteiger partial charge in [0.05, 0.1) is 18.4 Å². The van der Waals surface area contributed by atoms with Crippen molar-refractivity contribution in [2.75, 3.05) is 0 Å². The predicted molar refractivity (Wildman–Crippen MR) is 97.9 cm³/mol. The molecule has 140 valence electrons. The maximum atomic E-state index is 13.0. The summed E-state index contributed by atoms with van der Waals surface area (Å²) in [5.41, 5.74) is 1.64. The summed E-state index contributed by atoms with van der Waals surface area (Å²) in [7, 11) is 0. The normalized spacial score (nSPS) is 20.2. The average Bonchev–Trinajstić information content (AvgIpc) is 2.96. The maximum absolute atomic E-state index is 13.0. The van der Waals surface area contributed by atoms with Gasteiger partial charge in [-0.2, -0.15) is 0 Å². The second-order valence-electron chi connectivity index (χ2n) is 6.65. The van der Waals surface area contributed by atoms with Gasteiger partial charge in [0.2, 0.25) is 5.91 Å². The van der Waals surface area contributed by atoms with Crippen molar-refractivity contribution in [2.45, 2.75) is 31.9 Å². The van der Waals surface area contributed by atoms with E-state index < -0.39 is 36.0 Å². The molecule has 1 aliphatic heterocycles. The van der Waals surface area contributed by atoms with Crippen molar-refractivity contribution in [3.05, 3.63) is 71.8 Å². The number of carboxylic acid groups (broad SMARTS) is 1. The lowest BCUT2D eigenvalue weighted by Crippen LogP contribution is -2.42. The van der Waals surface area contributed by atoms with Crippen LogP contribution in [0.3, 0.4) is 0 Å². The van der Waals surface area contributed by atoms with Gasteiger partial charge in [0.1, 0.15) is 6.10 Å². The number of hydrogen-bond acceptors (Lipinski definition) is 4. The minimum Gasteiger partial charge on any atom is -0.481 e. The van der Waals surface area contributed by atoms with Gasteiger partial charge in [0.15, 0.2) is 0 Å². The smallest absolute Gasteiger partial charge is 0.417 e. The first-order valence-corrected chi connectivity index (χ1v) is 8.81. The zero-order chi connectivity index (χ0) is 19.4. The molecule has 6 nitrogen and oxygen atoms in total. The van der Waals surface area contributed by atoms with Crippen LogP contribution in [0.15, 0.2) is 60.7 Å². The largest absolute Gasteiger partial charge is 0.481 e. The molecular weight excluding hydrogens is 346 g/mol. The molecule has 0 radical (unpaired) electrons. The Hall–Kier alpha value is -3.15. The maximum Gasteiger partial charge on any atom is 0.417 e. The molecule has 1 heterocycles. The van der Waals surface area contributed by atoms with Gasteiger partial charge in [0.25, 0.3) is 0 Å². The number of benzene rings is 2. The molecule has 0 bridgehead atoms. The van der Waals surface area contributed by atoms with Crippen molar-refractivity contribution in [3.63, 3.8) is 0 Å². The first-order chi connectivity index (χ1) is 13.0. The molecule has 2 aromatic rings. The second kappa shape index (κ2) is 8.03. The highest BCUT2D eigenvalue weighted by atomic mass is 16.6. The Balaban J connectivity index is 1.82. The zero-order valence-corrected chi connectivity index (χ0v) is 14.9. The number of ether oxygens (including phenoxy) is 1. The number of carbonyl (C=O) groups is 3. The van der Waals surface area contributed by atoms with Crippen LogP contribution < -0.4 is 0 Å². The Morgan fingerprint density at radius 1 is 1.07 bits per heavy atom. The molecule has 1 aliphatic rings. The second-order valence-corrected chi connectivity index (χ2v) is 6.65. The fraction of sp³-hybridized carbons (Fsp3) is 0.286. The van der Waals surface area contributed by atoms with Gasteiger partial charge in [-0.1, -0.05) is 60.7 Å². The molecule has 1 fully saturated rings. The van der Waals surface area contributed by atoms with Crippen LogP contribution >= 0.6 is 0 Å². The number of imide groups is 1. The Kier molecular flexibility index (Phi) is 5.54. The lowest BCUT2D eigenvalue weighted by atomic mass is 9.93. The van der Waals surface area contributed by atoms with Crippen LogP contribution in [-0.4, -0.2) is 34.0 Å². The molecule has 3 atom stereocenters. The average molecular weight is 367 g/mol. The number of rotatable bonds is 6. The molecule has 0 saturated carbocycles. The van der Waals surface area contributed by atoms with Gasteiger partial charge in [0, 0.05) is 0 Å². The van der Waals surface area contributed by atoms with E-state index in [-0.39, 0.29) is 12.8 Å². The van der Waals surface area contributed by atoms with Crippen LogP contribution in [0.2, 0.25) is 0 Å². The topological polar surface area (TPSA) is 83.9 Å². The van der Waals surface area contributed by atoms with E-state index >= 15 is 0 Å². The third-order valence-corrected chi connectivity index (χ3v) is 4.73. The number of carboxylic acids is 1. The van der Waals surface area contributed by atoms with Crippen LogP contribution in [-0.2, 0) is 20.7 Å². The third-order valence-electron chi connectivity index (χ3n) is 4.73. The number of hydrogen-bond donors (Lipinski definition) is 1. The van der Waals surface area contributed by atoms with Crippen molar-refractivity contribution >= 4 is 18.0 Å². The first kappa shape index (κ1) is 18.6. The molecule has 0 unspecified atom stereocenters. The minimum atomic E-state index is -1.08. The van der Waals surface area contributed by atoms with Gasteiger partial charge < -0.3 is 9.84 Å². The number of carbonyl (C=O) groups excluding carboxylic acids is 2. The van der Waals surface area contributed by atoms with Crippen LogP contribution in [0.4, 0.5) is 4.79 Å². The summed E-state index contributed by atoms with van der Waals surface area (Å²) >= 11 is 0. The SMILES string of the molecule is C[C@H]1[C@@H](c2ccccc2)OC(=O)N1C(=O)[C@@H](CC(=O)O)Cc1ccccc1. The molecule has 0 spiro atoms. The first-order valence-electron chi connectivity index (χ1n) is 8.81. The standard InChI is InChI=1S/C21H21NO5/c1-14-19(16-10-6-3-7-11-16)27-21(26)22(14)20(25)17(13-18(23)24)12-15-8-4-2-5-9-15/h2-11,14,17,19H,12-13H2,1H3,(H,23,24)/t14-,17+,19-/m0/s1. The molecule has 6 heteroatoms. The van der Waals surface area contributed by atoms with Gasteiger partial charge in [-0.15, -0.1) is 0 Å². The van der Waals surface area contributed by atoms with Gasteiger partial charge >= 0.3 is 12.1 Å². The molecule has 2 aromatic carbocycles. The van der Waals surface area contributed by atoms with Crippen molar-refractivity contribution in [1.29, 1.82) is 0 Å². The third kappa shape index (κ3) is 4.16. The highest BCUT2D eigenvalue weighted by molar-refractivity contribution is 5.96. The minimum absolute atomic E-state index is 0.248. The van der Waals surface area contributed by atoms with Crippen molar-refractivity contribution in [3.8, 4) is 0 Å². The summed E-state index contributed by atoms with van der Waals surface area (Å²) < 4.78 is 5.42. The molecule has 1 saturated heterocycles.